The van der Waals surface area contributed by atoms with Gasteiger partial charge in [-0.25, -0.2) is 4.98 Å². The van der Waals surface area contributed by atoms with Crippen LogP contribution in [0.5, 0.6) is 0 Å². The van der Waals surface area contributed by atoms with Crippen molar-refractivity contribution < 1.29 is 0 Å². The molecular weight excluding hydrogens is 278 g/mol. The summed E-state index contributed by atoms with van der Waals surface area (Å²) in [4.78, 5) is 26.9. The molecular formula is C16H21N5O. The lowest BCUT2D eigenvalue weighted by Gasteiger charge is -2.31. The van der Waals surface area contributed by atoms with Gasteiger partial charge in [0.2, 0.25) is 0 Å². The zero-order chi connectivity index (χ0) is 15.4. The first-order chi connectivity index (χ1) is 10.7. The van der Waals surface area contributed by atoms with Gasteiger partial charge in [0.25, 0.3) is 5.56 Å². The summed E-state index contributed by atoms with van der Waals surface area (Å²) in [6.07, 6.45) is 9.00. The number of rotatable bonds is 4. The monoisotopic (exact) mass is 299 g/mol. The van der Waals surface area contributed by atoms with Gasteiger partial charge in [-0.1, -0.05) is 0 Å². The van der Waals surface area contributed by atoms with Gasteiger partial charge in [-0.05, 0) is 38.8 Å². The zero-order valence-electron chi connectivity index (χ0n) is 12.9. The molecule has 0 amide bonds. The number of likely N-dealkylation sites (tertiary alicyclic amines) is 1. The van der Waals surface area contributed by atoms with Crippen molar-refractivity contribution in [2.45, 2.75) is 32.9 Å². The van der Waals surface area contributed by atoms with Gasteiger partial charge in [0.1, 0.15) is 0 Å². The van der Waals surface area contributed by atoms with E-state index in [1.807, 2.05) is 13.1 Å². The van der Waals surface area contributed by atoms with Crippen LogP contribution in [0.2, 0.25) is 0 Å². The molecule has 6 heteroatoms. The van der Waals surface area contributed by atoms with Crippen LogP contribution < -0.4 is 5.56 Å². The zero-order valence-corrected chi connectivity index (χ0v) is 12.9. The summed E-state index contributed by atoms with van der Waals surface area (Å²) < 4.78 is 1.71. The minimum absolute atomic E-state index is 0.0347. The molecule has 3 rings (SSSR count). The molecule has 1 saturated heterocycles. The van der Waals surface area contributed by atoms with Crippen LogP contribution in [0.1, 0.15) is 24.2 Å². The number of aryl methyl sites for hydroxylation is 1. The first-order valence-electron chi connectivity index (χ1n) is 7.71. The van der Waals surface area contributed by atoms with Crippen molar-refractivity contribution in [1.82, 2.24) is 24.4 Å². The first kappa shape index (κ1) is 14.8. The van der Waals surface area contributed by atoms with E-state index in [-0.39, 0.29) is 5.56 Å². The van der Waals surface area contributed by atoms with Crippen LogP contribution in [0.15, 0.2) is 35.8 Å². The Labute approximate surface area is 129 Å². The van der Waals surface area contributed by atoms with E-state index in [1.165, 1.54) is 6.07 Å². The quantitative estimate of drug-likeness (QED) is 0.850. The number of piperidine rings is 1. The van der Waals surface area contributed by atoms with Crippen LogP contribution in [0, 0.1) is 12.8 Å². The fraction of sp³-hybridized carbons (Fsp3) is 0.500. The van der Waals surface area contributed by atoms with Gasteiger partial charge < -0.3 is 0 Å². The first-order valence-corrected chi connectivity index (χ1v) is 7.71. The Morgan fingerprint density at radius 2 is 2.05 bits per heavy atom. The largest absolute Gasteiger partial charge is 0.299 e. The molecule has 0 N–H and O–H groups in total. The van der Waals surface area contributed by atoms with Crippen LogP contribution in [0.4, 0.5) is 0 Å². The van der Waals surface area contributed by atoms with Gasteiger partial charge in [0, 0.05) is 37.7 Å². The van der Waals surface area contributed by atoms with Crippen molar-refractivity contribution in [3.63, 3.8) is 0 Å². The van der Waals surface area contributed by atoms with Gasteiger partial charge in [-0.3, -0.25) is 24.2 Å². The van der Waals surface area contributed by atoms with Gasteiger partial charge in [-0.2, -0.15) is 0 Å². The highest BCUT2D eigenvalue weighted by Gasteiger charge is 2.20. The number of aromatic nitrogens is 4. The molecule has 0 bridgehead atoms. The molecule has 0 saturated carbocycles. The van der Waals surface area contributed by atoms with Gasteiger partial charge in [-0.15, -0.1) is 0 Å². The smallest absolute Gasteiger partial charge is 0.253 e. The number of hydrogen-bond donors (Lipinski definition) is 0. The van der Waals surface area contributed by atoms with Crippen molar-refractivity contribution >= 4 is 0 Å². The minimum atomic E-state index is 0.0347. The predicted molar refractivity (Wildman–Crippen MR) is 83.3 cm³/mol. The Hall–Kier alpha value is -2.08. The second kappa shape index (κ2) is 6.79. The molecule has 0 spiro atoms. The van der Waals surface area contributed by atoms with Crippen LogP contribution in [-0.4, -0.2) is 37.5 Å². The molecule has 0 aliphatic carbocycles. The van der Waals surface area contributed by atoms with E-state index in [1.54, 1.807) is 23.3 Å². The molecule has 116 valence electrons. The number of nitrogens with zero attached hydrogens (tertiary/aromatic N) is 5. The van der Waals surface area contributed by atoms with Crippen molar-refractivity contribution in [3.8, 4) is 0 Å². The summed E-state index contributed by atoms with van der Waals surface area (Å²) in [6, 6.07) is 1.52. The molecule has 1 fully saturated rings. The molecule has 22 heavy (non-hydrogen) atoms. The normalized spacial score (nSPS) is 16.8. The Balaban J connectivity index is 1.52. The average molecular weight is 299 g/mol. The third-order valence-electron chi connectivity index (χ3n) is 4.14. The maximum atomic E-state index is 11.7. The van der Waals surface area contributed by atoms with E-state index in [4.69, 9.17) is 0 Å². The van der Waals surface area contributed by atoms with E-state index in [0.29, 0.717) is 5.92 Å². The standard InChI is InChI=1S/C16H21N5O/c1-13-8-18-9-15(19-13)11-20-6-3-14(4-7-20)10-21-12-17-5-2-16(21)22/h2,5,8-9,12,14H,3-4,6-7,10-11H2,1H3. The predicted octanol–water partition coefficient (Wildman–Crippen LogP) is 1.25. The van der Waals surface area contributed by atoms with Crippen LogP contribution in [-0.2, 0) is 13.1 Å². The van der Waals surface area contributed by atoms with Crippen molar-refractivity contribution in [2.24, 2.45) is 5.92 Å². The average Bonchev–Trinajstić information content (AvgIpc) is 2.52. The molecule has 0 aromatic carbocycles. The summed E-state index contributed by atoms with van der Waals surface area (Å²) in [5.41, 5.74) is 2.03. The van der Waals surface area contributed by atoms with Gasteiger partial charge in [0.05, 0.1) is 17.7 Å². The SMILES string of the molecule is Cc1cncc(CN2CCC(Cn3cnccc3=O)CC2)n1. The Morgan fingerprint density at radius 1 is 1.23 bits per heavy atom. The molecule has 1 aliphatic rings. The summed E-state index contributed by atoms with van der Waals surface area (Å²) in [5.74, 6) is 0.543. The topological polar surface area (TPSA) is 63.9 Å². The second-order valence-electron chi connectivity index (χ2n) is 5.94. The lowest BCUT2D eigenvalue weighted by Crippen LogP contribution is -2.36. The Bertz CT molecular complexity index is 676. The molecule has 0 atom stereocenters. The van der Waals surface area contributed by atoms with E-state index in [0.717, 1.165) is 50.4 Å². The fourth-order valence-corrected chi connectivity index (χ4v) is 2.94. The molecule has 2 aromatic heterocycles. The fourth-order valence-electron chi connectivity index (χ4n) is 2.94. The highest BCUT2D eigenvalue weighted by Crippen LogP contribution is 2.19. The molecule has 6 nitrogen and oxygen atoms in total. The highest BCUT2D eigenvalue weighted by atomic mass is 16.1. The number of hydrogen-bond acceptors (Lipinski definition) is 5. The van der Waals surface area contributed by atoms with E-state index in [2.05, 4.69) is 19.9 Å². The van der Waals surface area contributed by atoms with Gasteiger partial charge in [0.15, 0.2) is 0 Å². The molecule has 0 radical (unpaired) electrons. The van der Waals surface area contributed by atoms with Crippen molar-refractivity contribution in [1.29, 1.82) is 0 Å². The molecule has 1 aliphatic heterocycles. The second-order valence-corrected chi connectivity index (χ2v) is 5.94. The lowest BCUT2D eigenvalue weighted by atomic mass is 9.96. The van der Waals surface area contributed by atoms with Crippen LogP contribution in [0.25, 0.3) is 0 Å². The maximum absolute atomic E-state index is 11.7. The van der Waals surface area contributed by atoms with E-state index < -0.39 is 0 Å². The molecule has 0 unspecified atom stereocenters. The summed E-state index contributed by atoms with van der Waals surface area (Å²) in [5, 5.41) is 0. The Morgan fingerprint density at radius 3 is 2.77 bits per heavy atom. The summed E-state index contributed by atoms with van der Waals surface area (Å²) >= 11 is 0. The molecule has 2 aromatic rings. The lowest BCUT2D eigenvalue weighted by molar-refractivity contribution is 0.164. The van der Waals surface area contributed by atoms with Crippen molar-refractivity contribution in [2.75, 3.05) is 13.1 Å². The third kappa shape index (κ3) is 3.76. The van der Waals surface area contributed by atoms with E-state index in [9.17, 15) is 4.79 Å². The molecule has 3 heterocycles. The van der Waals surface area contributed by atoms with Crippen LogP contribution in [0.3, 0.4) is 0 Å². The summed E-state index contributed by atoms with van der Waals surface area (Å²) in [6.45, 7) is 5.66. The highest BCUT2D eigenvalue weighted by molar-refractivity contribution is 5.01. The van der Waals surface area contributed by atoms with E-state index >= 15 is 0 Å². The Kier molecular flexibility index (Phi) is 4.58. The van der Waals surface area contributed by atoms with Gasteiger partial charge >= 0.3 is 0 Å². The minimum Gasteiger partial charge on any atom is -0.299 e. The van der Waals surface area contributed by atoms with Crippen LogP contribution >= 0.6 is 0 Å². The van der Waals surface area contributed by atoms with Crippen molar-refractivity contribution in [3.05, 3.63) is 52.7 Å². The maximum Gasteiger partial charge on any atom is 0.253 e. The third-order valence-corrected chi connectivity index (χ3v) is 4.14. The summed E-state index contributed by atoms with van der Waals surface area (Å²) in [7, 11) is 0.